The number of rotatable bonds is 66. The molecule has 1 fully saturated rings. The number of carbonyl (C=O) groups excluding carboxylic acids is 2. The number of hydrogen-bond donors (Lipinski definition) is 6. The van der Waals surface area contributed by atoms with Crippen LogP contribution in [0.3, 0.4) is 0 Å². The van der Waals surface area contributed by atoms with Crippen LogP contribution in [0, 0.1) is 0 Å². The van der Waals surface area contributed by atoms with E-state index in [4.69, 9.17) is 14.2 Å². The van der Waals surface area contributed by atoms with E-state index in [1.807, 2.05) is 6.08 Å². The molecule has 93 heavy (non-hydrogen) atoms. The van der Waals surface area contributed by atoms with Crippen molar-refractivity contribution >= 4 is 11.9 Å². The second-order valence-corrected chi connectivity index (χ2v) is 26.4. The second kappa shape index (κ2) is 68.3. The van der Waals surface area contributed by atoms with E-state index in [9.17, 15) is 35.1 Å². The van der Waals surface area contributed by atoms with Gasteiger partial charge in [0.15, 0.2) is 12.4 Å². The second-order valence-electron chi connectivity index (χ2n) is 26.4. The lowest BCUT2D eigenvalue weighted by Crippen LogP contribution is -2.61. The molecule has 0 saturated carbocycles. The number of aliphatic hydroxyl groups excluding tert-OH is 5. The Labute approximate surface area is 570 Å². The van der Waals surface area contributed by atoms with Crippen LogP contribution in [0.25, 0.3) is 0 Å². The maximum Gasteiger partial charge on any atom is 0.306 e. The van der Waals surface area contributed by atoms with E-state index in [1.165, 1.54) is 180 Å². The van der Waals surface area contributed by atoms with Crippen molar-refractivity contribution in [2.24, 2.45) is 0 Å². The van der Waals surface area contributed by atoms with Gasteiger partial charge in [0.25, 0.3) is 0 Å². The molecule has 1 amide bonds. The van der Waals surface area contributed by atoms with Gasteiger partial charge in [0, 0.05) is 6.42 Å². The van der Waals surface area contributed by atoms with Gasteiger partial charge in [-0.05, 0) is 116 Å². The molecule has 6 N–H and O–H groups in total. The van der Waals surface area contributed by atoms with Crippen LogP contribution in [0.1, 0.15) is 335 Å². The number of esters is 1. The highest BCUT2D eigenvalue weighted by Gasteiger charge is 2.47. The summed E-state index contributed by atoms with van der Waals surface area (Å²) in [4.78, 5) is 26.8. The first-order valence-corrected chi connectivity index (χ1v) is 38.7. The van der Waals surface area contributed by atoms with Gasteiger partial charge in [0.05, 0.1) is 25.4 Å². The molecule has 1 saturated heterocycles. The van der Waals surface area contributed by atoms with Crippen LogP contribution in [0.2, 0.25) is 0 Å². The molecule has 1 aliphatic heterocycles. The number of allylic oxidation sites excluding steroid dienone is 17. The minimum absolute atomic E-state index is 0.115. The SMILES string of the molecule is CCCCC/C=C\C/C=C\C/C=C\C/C=C\CCCCCCCCCCCCCC(=O)OC1C(OCC(NC(=O)C(O)CCCCCCCCCC/C=C\C/C=C\C/C=C\C/C=C\CCCCC)C(O)/C=C/CCCCCCCCCCCCC)OC(CO)C(O)C1O. The standard InChI is InChI=1S/C82H143NO10/c1-4-7-10-13-16-19-22-25-27-29-31-33-35-37-38-39-41-43-45-47-49-52-55-58-61-64-67-70-77(87)93-80-79(89)78(88)76(71-84)92-82(80)91-72-73(74(85)68-65-62-59-56-53-50-24-21-18-15-12-9-6-3)83-81(90)75(86)69-66-63-60-57-54-51-48-46-44-42-40-36-34-32-30-28-26-23-20-17-14-11-8-5-2/h16-17,19-20,25-28,31-34,37-38,40,42,65,68,73-76,78-80,82,84-86,88-89H,4-15,18,21-24,29-30,35-36,39,41,43-64,66-67,69-72H2,1-3H3,(H,83,90)/b19-16-,20-17-,27-25-,28-26-,33-31-,34-32-,38-37-,42-40-,68-65+. The van der Waals surface area contributed by atoms with Crippen molar-refractivity contribution in [1.82, 2.24) is 5.32 Å². The summed E-state index contributed by atoms with van der Waals surface area (Å²) < 4.78 is 17.7. The molecule has 1 heterocycles. The van der Waals surface area contributed by atoms with Gasteiger partial charge in [-0.2, -0.15) is 0 Å². The lowest BCUT2D eigenvalue weighted by Gasteiger charge is -2.41. The van der Waals surface area contributed by atoms with Gasteiger partial charge >= 0.3 is 5.97 Å². The fourth-order valence-electron chi connectivity index (χ4n) is 11.6. The van der Waals surface area contributed by atoms with E-state index in [0.717, 1.165) is 109 Å². The third-order valence-corrected chi connectivity index (χ3v) is 17.6. The normalized spacial score (nSPS) is 18.5. The van der Waals surface area contributed by atoms with Crippen LogP contribution in [-0.2, 0) is 23.8 Å². The van der Waals surface area contributed by atoms with Crippen molar-refractivity contribution < 1.29 is 49.3 Å². The summed E-state index contributed by atoms with van der Waals surface area (Å²) in [7, 11) is 0. The predicted molar refractivity (Wildman–Crippen MR) is 393 cm³/mol. The summed E-state index contributed by atoms with van der Waals surface area (Å²) in [5, 5.41) is 57.4. The number of carbonyl (C=O) groups is 2. The fraction of sp³-hybridized carbons (Fsp3) is 0.756. The van der Waals surface area contributed by atoms with Gasteiger partial charge in [0.2, 0.25) is 5.91 Å². The highest BCUT2D eigenvalue weighted by atomic mass is 16.7. The molecule has 0 radical (unpaired) electrons. The minimum atomic E-state index is -1.62. The molecule has 11 heteroatoms. The van der Waals surface area contributed by atoms with Gasteiger partial charge in [-0.15, -0.1) is 0 Å². The van der Waals surface area contributed by atoms with Crippen LogP contribution in [0.15, 0.2) is 109 Å². The maximum atomic E-state index is 13.5. The Morgan fingerprint density at radius 3 is 1.13 bits per heavy atom. The fourth-order valence-corrected chi connectivity index (χ4v) is 11.6. The Morgan fingerprint density at radius 2 is 0.742 bits per heavy atom. The molecule has 8 atom stereocenters. The highest BCUT2D eigenvalue weighted by molar-refractivity contribution is 5.80. The van der Waals surface area contributed by atoms with E-state index in [-0.39, 0.29) is 19.4 Å². The largest absolute Gasteiger partial charge is 0.454 e. The molecule has 0 aromatic carbocycles. The highest BCUT2D eigenvalue weighted by Crippen LogP contribution is 2.26. The molecule has 0 aromatic heterocycles. The van der Waals surface area contributed by atoms with Crippen LogP contribution in [-0.4, -0.2) is 99.6 Å². The molecule has 536 valence electrons. The third kappa shape index (κ3) is 55.1. The Bertz CT molecular complexity index is 1940. The van der Waals surface area contributed by atoms with Crippen molar-refractivity contribution in [1.29, 1.82) is 0 Å². The third-order valence-electron chi connectivity index (χ3n) is 17.6. The zero-order chi connectivity index (χ0) is 67.4. The summed E-state index contributed by atoms with van der Waals surface area (Å²) in [5.41, 5.74) is 0. The van der Waals surface area contributed by atoms with E-state index in [1.54, 1.807) is 6.08 Å². The Hall–Kier alpha value is -3.68. The smallest absolute Gasteiger partial charge is 0.306 e. The van der Waals surface area contributed by atoms with Crippen molar-refractivity contribution in [3.8, 4) is 0 Å². The van der Waals surface area contributed by atoms with Crippen LogP contribution in [0.5, 0.6) is 0 Å². The first-order chi connectivity index (χ1) is 45.7. The Balaban J connectivity index is 2.55. The van der Waals surface area contributed by atoms with Crippen molar-refractivity contribution in [2.45, 2.75) is 384 Å². The molecule has 1 rings (SSSR count). The topological polar surface area (TPSA) is 175 Å². The number of nitrogens with one attached hydrogen (secondary N) is 1. The van der Waals surface area contributed by atoms with Gasteiger partial charge < -0.3 is 45.1 Å². The lowest BCUT2D eigenvalue weighted by atomic mass is 9.99. The lowest BCUT2D eigenvalue weighted by molar-refractivity contribution is -0.305. The molecular weight excluding hydrogens is 1160 g/mol. The summed E-state index contributed by atoms with van der Waals surface area (Å²) in [6, 6.07) is -1.04. The summed E-state index contributed by atoms with van der Waals surface area (Å²) >= 11 is 0. The quantitative estimate of drug-likeness (QED) is 0.0195. The first-order valence-electron chi connectivity index (χ1n) is 38.7. The maximum absolute atomic E-state index is 13.5. The number of unbranched alkanes of at least 4 members (excludes halogenated alkanes) is 36. The number of hydrogen-bond acceptors (Lipinski definition) is 10. The molecule has 0 bridgehead atoms. The van der Waals surface area contributed by atoms with Gasteiger partial charge in [-0.25, -0.2) is 0 Å². The van der Waals surface area contributed by atoms with E-state index in [0.29, 0.717) is 12.8 Å². The number of aliphatic hydroxyl groups is 5. The molecular formula is C82H143NO10. The monoisotopic (exact) mass is 1300 g/mol. The average molecular weight is 1300 g/mol. The van der Waals surface area contributed by atoms with Crippen LogP contribution >= 0.6 is 0 Å². The van der Waals surface area contributed by atoms with Crippen LogP contribution in [0.4, 0.5) is 0 Å². The van der Waals surface area contributed by atoms with Gasteiger partial charge in [0.1, 0.15) is 24.4 Å². The van der Waals surface area contributed by atoms with E-state index >= 15 is 0 Å². The Morgan fingerprint density at radius 1 is 0.419 bits per heavy atom. The Kier molecular flexibility index (Phi) is 64.1. The molecule has 1 aliphatic rings. The van der Waals surface area contributed by atoms with E-state index < -0.39 is 67.4 Å². The van der Waals surface area contributed by atoms with Gasteiger partial charge in [-0.1, -0.05) is 323 Å². The van der Waals surface area contributed by atoms with Crippen LogP contribution < -0.4 is 5.32 Å². The van der Waals surface area contributed by atoms with Crippen molar-refractivity contribution in [3.63, 3.8) is 0 Å². The molecule has 0 aliphatic carbocycles. The summed E-state index contributed by atoms with van der Waals surface area (Å²) in [5.74, 6) is -1.20. The molecule has 0 spiro atoms. The molecule has 11 nitrogen and oxygen atoms in total. The average Bonchev–Trinajstić information content (AvgIpc) is 0.844. The number of ether oxygens (including phenoxy) is 3. The zero-order valence-electron chi connectivity index (χ0n) is 59.9. The number of amides is 1. The predicted octanol–water partition coefficient (Wildman–Crippen LogP) is 20.7. The summed E-state index contributed by atoms with van der Waals surface area (Å²) in [6.45, 7) is 5.77. The minimum Gasteiger partial charge on any atom is -0.454 e. The summed E-state index contributed by atoms with van der Waals surface area (Å²) in [6.07, 6.45) is 84.0. The van der Waals surface area contributed by atoms with Gasteiger partial charge in [-0.3, -0.25) is 9.59 Å². The molecule has 8 unspecified atom stereocenters. The van der Waals surface area contributed by atoms with Crippen molar-refractivity contribution in [2.75, 3.05) is 13.2 Å². The molecule has 0 aromatic rings. The van der Waals surface area contributed by atoms with E-state index in [2.05, 4.69) is 123 Å². The zero-order valence-corrected chi connectivity index (χ0v) is 59.9. The first kappa shape index (κ1) is 87.3. The van der Waals surface area contributed by atoms with Crippen molar-refractivity contribution in [3.05, 3.63) is 109 Å².